The van der Waals surface area contributed by atoms with E-state index in [2.05, 4.69) is 29.5 Å². The van der Waals surface area contributed by atoms with Crippen molar-refractivity contribution in [2.24, 2.45) is 12.5 Å². The molecule has 4 nitrogen and oxygen atoms in total. The van der Waals surface area contributed by atoms with Crippen LogP contribution in [0.15, 0.2) is 6.20 Å². The van der Waals surface area contributed by atoms with Crippen molar-refractivity contribution in [1.82, 2.24) is 20.3 Å². The van der Waals surface area contributed by atoms with Crippen LogP contribution >= 0.6 is 0 Å². The lowest BCUT2D eigenvalue weighted by Crippen LogP contribution is -2.21. The number of hydrogen-bond donors (Lipinski definition) is 1. The number of aromatic nitrogens is 3. The second kappa shape index (κ2) is 4.55. The van der Waals surface area contributed by atoms with Crippen LogP contribution in [-0.4, -0.2) is 28.6 Å². The topological polar surface area (TPSA) is 42.7 Å². The molecule has 0 saturated carbocycles. The average molecular weight is 196 g/mol. The van der Waals surface area contributed by atoms with E-state index in [1.165, 1.54) is 0 Å². The van der Waals surface area contributed by atoms with Crippen LogP contribution in [0.4, 0.5) is 0 Å². The van der Waals surface area contributed by atoms with Crippen LogP contribution in [0, 0.1) is 5.41 Å². The number of rotatable bonds is 5. The fraction of sp³-hybridized carbons (Fsp3) is 0.800. The van der Waals surface area contributed by atoms with E-state index >= 15 is 0 Å². The van der Waals surface area contributed by atoms with Crippen molar-refractivity contribution in [3.63, 3.8) is 0 Å². The highest BCUT2D eigenvalue weighted by Gasteiger charge is 2.19. The molecule has 4 heteroatoms. The predicted octanol–water partition coefficient (Wildman–Crippen LogP) is 0.993. The SMILES string of the molecule is CNCCC(C)(C)Cc1cn(C)nn1. The van der Waals surface area contributed by atoms with E-state index in [-0.39, 0.29) is 0 Å². The van der Waals surface area contributed by atoms with Crippen LogP contribution < -0.4 is 5.32 Å². The Bertz CT molecular complexity index is 277. The van der Waals surface area contributed by atoms with Crippen LogP contribution in [0.3, 0.4) is 0 Å². The summed E-state index contributed by atoms with van der Waals surface area (Å²) >= 11 is 0. The molecule has 0 aromatic carbocycles. The molecule has 0 saturated heterocycles. The predicted molar refractivity (Wildman–Crippen MR) is 57.0 cm³/mol. The molecule has 80 valence electrons. The molecule has 1 rings (SSSR count). The summed E-state index contributed by atoms with van der Waals surface area (Å²) in [6, 6.07) is 0. The minimum absolute atomic E-state index is 0.291. The van der Waals surface area contributed by atoms with Gasteiger partial charge in [0.25, 0.3) is 0 Å². The maximum atomic E-state index is 4.10. The van der Waals surface area contributed by atoms with Gasteiger partial charge in [-0.2, -0.15) is 0 Å². The Morgan fingerprint density at radius 2 is 2.21 bits per heavy atom. The Hall–Kier alpha value is -0.900. The first kappa shape index (κ1) is 11.2. The number of hydrogen-bond acceptors (Lipinski definition) is 3. The highest BCUT2D eigenvalue weighted by atomic mass is 15.4. The summed E-state index contributed by atoms with van der Waals surface area (Å²) in [5, 5.41) is 11.2. The maximum Gasteiger partial charge on any atom is 0.0832 e. The van der Waals surface area contributed by atoms with Crippen LogP contribution in [-0.2, 0) is 13.5 Å². The van der Waals surface area contributed by atoms with Crippen molar-refractivity contribution in [1.29, 1.82) is 0 Å². The Labute approximate surface area is 85.7 Å². The van der Waals surface area contributed by atoms with E-state index in [9.17, 15) is 0 Å². The lowest BCUT2D eigenvalue weighted by Gasteiger charge is -2.22. The summed E-state index contributed by atoms with van der Waals surface area (Å²) in [6.07, 6.45) is 4.13. The fourth-order valence-corrected chi connectivity index (χ4v) is 1.52. The van der Waals surface area contributed by atoms with Gasteiger partial charge in [-0.25, -0.2) is 0 Å². The van der Waals surface area contributed by atoms with Crippen LogP contribution in [0.25, 0.3) is 0 Å². The van der Waals surface area contributed by atoms with E-state index in [4.69, 9.17) is 0 Å². The highest BCUT2D eigenvalue weighted by Crippen LogP contribution is 2.24. The highest BCUT2D eigenvalue weighted by molar-refractivity contribution is 4.96. The van der Waals surface area contributed by atoms with E-state index in [0.717, 1.165) is 25.1 Å². The number of nitrogens with zero attached hydrogens (tertiary/aromatic N) is 3. The van der Waals surface area contributed by atoms with E-state index in [1.807, 2.05) is 20.3 Å². The van der Waals surface area contributed by atoms with Gasteiger partial charge in [0, 0.05) is 13.2 Å². The molecule has 1 aromatic rings. The van der Waals surface area contributed by atoms with Gasteiger partial charge >= 0.3 is 0 Å². The second-order valence-electron chi connectivity index (χ2n) is 4.58. The van der Waals surface area contributed by atoms with E-state index in [0.29, 0.717) is 5.41 Å². The summed E-state index contributed by atoms with van der Waals surface area (Å²) in [7, 11) is 3.88. The second-order valence-corrected chi connectivity index (χ2v) is 4.58. The molecule has 0 bridgehead atoms. The summed E-state index contributed by atoms with van der Waals surface area (Å²) in [4.78, 5) is 0. The fourth-order valence-electron chi connectivity index (χ4n) is 1.52. The molecule has 0 atom stereocenters. The van der Waals surface area contributed by atoms with Gasteiger partial charge < -0.3 is 5.32 Å². The first-order valence-electron chi connectivity index (χ1n) is 5.03. The van der Waals surface area contributed by atoms with Gasteiger partial charge in [0.1, 0.15) is 0 Å². The van der Waals surface area contributed by atoms with Gasteiger partial charge in [-0.3, -0.25) is 4.68 Å². The van der Waals surface area contributed by atoms with Crippen molar-refractivity contribution in [3.05, 3.63) is 11.9 Å². The summed E-state index contributed by atoms with van der Waals surface area (Å²) in [6.45, 7) is 5.57. The van der Waals surface area contributed by atoms with Gasteiger partial charge in [0.15, 0.2) is 0 Å². The first-order chi connectivity index (χ1) is 6.53. The molecule has 14 heavy (non-hydrogen) atoms. The molecular weight excluding hydrogens is 176 g/mol. The lowest BCUT2D eigenvalue weighted by molar-refractivity contribution is 0.326. The maximum absolute atomic E-state index is 4.10. The first-order valence-corrected chi connectivity index (χ1v) is 5.03. The van der Waals surface area contributed by atoms with E-state index < -0.39 is 0 Å². The molecule has 0 aliphatic rings. The van der Waals surface area contributed by atoms with Crippen molar-refractivity contribution in [2.45, 2.75) is 26.7 Å². The number of aryl methyl sites for hydroxylation is 1. The van der Waals surface area contributed by atoms with E-state index in [1.54, 1.807) is 4.68 Å². The van der Waals surface area contributed by atoms with Gasteiger partial charge in [0.2, 0.25) is 0 Å². The minimum Gasteiger partial charge on any atom is -0.320 e. The minimum atomic E-state index is 0.291. The molecule has 0 amide bonds. The largest absolute Gasteiger partial charge is 0.320 e. The Morgan fingerprint density at radius 3 is 2.71 bits per heavy atom. The summed E-state index contributed by atoms with van der Waals surface area (Å²) < 4.78 is 1.75. The van der Waals surface area contributed by atoms with Gasteiger partial charge in [-0.1, -0.05) is 19.1 Å². The molecule has 1 aromatic heterocycles. The van der Waals surface area contributed by atoms with Gasteiger partial charge in [-0.05, 0) is 31.8 Å². The molecule has 0 spiro atoms. The third-order valence-electron chi connectivity index (χ3n) is 2.36. The standard InChI is InChI=1S/C10H20N4/c1-10(2,5-6-11-3)7-9-8-14(4)13-12-9/h8,11H,5-7H2,1-4H3. The molecule has 0 fully saturated rings. The molecular formula is C10H20N4. The average Bonchev–Trinajstić information content (AvgIpc) is 2.47. The van der Waals surface area contributed by atoms with Crippen molar-refractivity contribution in [2.75, 3.05) is 13.6 Å². The molecule has 0 aliphatic heterocycles. The van der Waals surface area contributed by atoms with Crippen LogP contribution in [0.1, 0.15) is 26.0 Å². The van der Waals surface area contributed by atoms with Gasteiger partial charge in [-0.15, -0.1) is 5.10 Å². The summed E-state index contributed by atoms with van der Waals surface area (Å²) in [5.41, 5.74) is 1.37. The number of nitrogens with one attached hydrogen (secondary N) is 1. The Kier molecular flexibility index (Phi) is 3.63. The zero-order chi connectivity index (χ0) is 10.6. The monoisotopic (exact) mass is 196 g/mol. The van der Waals surface area contributed by atoms with Crippen LogP contribution in [0.2, 0.25) is 0 Å². The zero-order valence-corrected chi connectivity index (χ0v) is 9.54. The van der Waals surface area contributed by atoms with Crippen molar-refractivity contribution >= 4 is 0 Å². The molecule has 0 radical (unpaired) electrons. The lowest BCUT2D eigenvalue weighted by atomic mass is 9.84. The molecule has 1 N–H and O–H groups in total. The molecule has 1 heterocycles. The molecule has 0 aliphatic carbocycles. The normalized spacial score (nSPS) is 12.0. The Balaban J connectivity index is 2.49. The molecule has 0 unspecified atom stereocenters. The van der Waals surface area contributed by atoms with Gasteiger partial charge in [0.05, 0.1) is 5.69 Å². The summed E-state index contributed by atoms with van der Waals surface area (Å²) in [5.74, 6) is 0. The van der Waals surface area contributed by atoms with Crippen LogP contribution in [0.5, 0.6) is 0 Å². The smallest absolute Gasteiger partial charge is 0.0832 e. The Morgan fingerprint density at radius 1 is 1.50 bits per heavy atom. The third kappa shape index (κ3) is 3.46. The van der Waals surface area contributed by atoms with Crippen molar-refractivity contribution < 1.29 is 0 Å². The third-order valence-corrected chi connectivity index (χ3v) is 2.36. The zero-order valence-electron chi connectivity index (χ0n) is 9.54. The quantitative estimate of drug-likeness (QED) is 0.764. The van der Waals surface area contributed by atoms with Crippen molar-refractivity contribution in [3.8, 4) is 0 Å².